The van der Waals surface area contributed by atoms with Crippen LogP contribution >= 0.6 is 0 Å². The molecule has 0 spiro atoms. The second-order valence-electron chi connectivity index (χ2n) is 1.58. The van der Waals surface area contributed by atoms with E-state index >= 15 is 0 Å². The molecular formula is H12I4O20Os. The van der Waals surface area contributed by atoms with Crippen LogP contribution in [0.4, 0.5) is 0 Å². The van der Waals surface area contributed by atoms with Gasteiger partial charge in [-0.05, 0) is 0 Å². The standard InChI is InChI=1S/4HIO4.4H2O.Os/c4*2-1(3,4)5;;;;;/h4*2H;4*1H2;. The van der Waals surface area contributed by atoms with E-state index in [0.717, 1.165) is 0 Å². The van der Waals surface area contributed by atoms with E-state index < -0.39 is 80.4 Å². The average Bonchev–Trinajstić information content (AvgIpc) is 1.62. The molecule has 0 aromatic carbocycles. The predicted molar refractivity (Wildman–Crippen MR) is 23.3 cm³/mol. The number of rotatable bonds is 0. The molecule has 0 unspecified atom stereocenters. The van der Waals surface area contributed by atoms with Gasteiger partial charge in [-0.25, -0.2) is 0 Å². The summed E-state index contributed by atoms with van der Waals surface area (Å²) in [6, 6.07) is 0. The first-order valence-electron chi connectivity index (χ1n) is 2.53. The summed E-state index contributed by atoms with van der Waals surface area (Å²) in [6.07, 6.45) is 0. The summed E-state index contributed by atoms with van der Waals surface area (Å²) in [5.74, 6) is 0. The average molecular weight is 1030 g/mol. The van der Waals surface area contributed by atoms with E-state index in [1.807, 2.05) is 0 Å². The minimum absolute atomic E-state index is 0. The van der Waals surface area contributed by atoms with Crippen LogP contribution in [0.2, 0.25) is 0 Å². The predicted octanol–water partition coefficient (Wildman–Crippen LogP) is -31.8. The quantitative estimate of drug-likeness (QED) is 0.164. The van der Waals surface area contributed by atoms with Gasteiger partial charge in [-0.3, -0.25) is 41.2 Å². The second-order valence-corrected chi connectivity index (χ2v) is 10.6. The SMILES string of the molecule is O.O.O.O.[O-][I+3]([O-])([O-])O.[O-][I+3]([O-])([O-])O.[O-][I+3]([O-])([O-])O.[O-][I+3]([O-])([O-])O.[Os]. The summed E-state index contributed by atoms with van der Waals surface area (Å²) in [6.45, 7) is 0. The Morgan fingerprint density at radius 1 is 0.320 bits per heavy atom. The van der Waals surface area contributed by atoms with Crippen LogP contribution in [-0.4, -0.2) is 35.6 Å². The summed E-state index contributed by atoms with van der Waals surface area (Å²) in [7, 11) is 0. The normalized spacial score (nSPS) is 9.60. The minimum Gasteiger partial charge on any atom is -0.412 e. The van der Waals surface area contributed by atoms with Gasteiger partial charge in [0.1, 0.15) is 0 Å². The second kappa shape index (κ2) is 24.8. The van der Waals surface area contributed by atoms with Crippen LogP contribution in [0.5, 0.6) is 0 Å². The Labute approximate surface area is 175 Å². The Bertz CT molecular complexity index is 132. The monoisotopic (exact) mass is 1030 g/mol. The Morgan fingerprint density at radius 2 is 0.320 bits per heavy atom. The maximum atomic E-state index is 8.73. The molecule has 0 radical (unpaired) electrons. The van der Waals surface area contributed by atoms with E-state index in [1.54, 1.807) is 0 Å². The third kappa shape index (κ3) is 2160. The molecule has 25 heteroatoms. The van der Waals surface area contributed by atoms with Crippen LogP contribution < -0.4 is 122 Å². The van der Waals surface area contributed by atoms with Crippen molar-refractivity contribution in [2.75, 3.05) is 0 Å². The van der Waals surface area contributed by atoms with Crippen LogP contribution in [0, 0.1) is 0 Å². The molecule has 0 rings (SSSR count). The van der Waals surface area contributed by atoms with Gasteiger partial charge >= 0.3 is 80.4 Å². The van der Waals surface area contributed by atoms with Crippen molar-refractivity contribution in [3.05, 3.63) is 0 Å². The first-order chi connectivity index (χ1) is 8.00. The van der Waals surface area contributed by atoms with Crippen LogP contribution in [0.1, 0.15) is 0 Å². The minimum atomic E-state index is -5.69. The molecule has 0 atom stereocenters. The zero-order valence-corrected chi connectivity index (χ0v) is 21.7. The van der Waals surface area contributed by atoms with Gasteiger partial charge in [0.05, 0.1) is 0 Å². The fraction of sp³-hybridized carbons (Fsp3) is 0. The largest absolute Gasteiger partial charge is 0.412 e. The van der Waals surface area contributed by atoms with Gasteiger partial charge in [0.25, 0.3) is 0 Å². The van der Waals surface area contributed by atoms with Crippen LogP contribution in [0.3, 0.4) is 0 Å². The summed E-state index contributed by atoms with van der Waals surface area (Å²) < 4.78 is 133. The molecule has 0 bridgehead atoms. The Hall–Kier alpha value is 2.76. The maximum absolute atomic E-state index is 8.73. The summed E-state index contributed by atoms with van der Waals surface area (Å²) in [5.41, 5.74) is 0. The third-order valence-electron chi connectivity index (χ3n) is 0. The first kappa shape index (κ1) is 56.5. The molecule has 0 aromatic heterocycles. The van der Waals surface area contributed by atoms with Gasteiger partial charge < -0.3 is 21.9 Å². The van der Waals surface area contributed by atoms with Crippen LogP contribution in [0.15, 0.2) is 0 Å². The fourth-order valence-corrected chi connectivity index (χ4v) is 0. The molecule has 20 nitrogen and oxygen atoms in total. The van der Waals surface area contributed by atoms with Crippen molar-refractivity contribution in [2.45, 2.75) is 0 Å². The number of hydrogen-bond acceptors (Lipinski definition) is 16. The van der Waals surface area contributed by atoms with E-state index in [1.165, 1.54) is 0 Å². The van der Waals surface area contributed by atoms with Crippen molar-refractivity contribution in [1.82, 2.24) is 0 Å². The van der Waals surface area contributed by atoms with Gasteiger partial charge in [0.15, 0.2) is 0 Å². The molecule has 0 aliphatic rings. The van der Waals surface area contributed by atoms with E-state index in [2.05, 4.69) is 0 Å². The van der Waals surface area contributed by atoms with Crippen molar-refractivity contribution < 1.29 is 177 Å². The molecule has 0 amide bonds. The number of hydrogen-bond donors (Lipinski definition) is 4. The van der Waals surface area contributed by atoms with Gasteiger partial charge in [-0.2, -0.15) is 0 Å². The summed E-state index contributed by atoms with van der Waals surface area (Å²) in [5, 5.41) is 0. The summed E-state index contributed by atoms with van der Waals surface area (Å²) >= 11 is -22.8. The third-order valence-corrected chi connectivity index (χ3v) is 0. The fourth-order valence-electron chi connectivity index (χ4n) is 0. The van der Waals surface area contributed by atoms with Gasteiger partial charge in [-0.1, -0.05) is 0 Å². The number of halogens is 4. The van der Waals surface area contributed by atoms with Gasteiger partial charge in [0, 0.05) is 33.5 Å². The van der Waals surface area contributed by atoms with Crippen molar-refractivity contribution >= 4 is 0 Å². The molecule has 0 aromatic rings. The van der Waals surface area contributed by atoms with Crippen molar-refractivity contribution in [1.29, 1.82) is 0 Å². The van der Waals surface area contributed by atoms with Crippen molar-refractivity contribution in [3.8, 4) is 0 Å². The molecule has 12 N–H and O–H groups in total. The Morgan fingerprint density at radius 3 is 0.320 bits per heavy atom. The van der Waals surface area contributed by atoms with E-state index in [0.29, 0.717) is 0 Å². The maximum Gasteiger partial charge on any atom is 0.368 e. The van der Waals surface area contributed by atoms with E-state index in [4.69, 9.17) is 55.0 Å². The van der Waals surface area contributed by atoms with Crippen molar-refractivity contribution in [2.24, 2.45) is 0 Å². The molecule has 0 aliphatic heterocycles. The van der Waals surface area contributed by atoms with E-state index in [-0.39, 0.29) is 41.7 Å². The Balaban J connectivity index is -0.0000000183. The molecule has 0 saturated heterocycles. The Kier molecular flexibility index (Phi) is 56.0. The molecule has 25 heavy (non-hydrogen) atoms. The zero-order valence-electron chi connectivity index (χ0n) is 10.6. The topological polar surface area (TPSA) is 484 Å². The molecule has 0 heterocycles. The van der Waals surface area contributed by atoms with E-state index in [9.17, 15) is 0 Å². The molecule has 0 fully saturated rings. The molecular weight excluding hydrogens is 1020 g/mol. The molecule has 0 aliphatic carbocycles. The molecule has 168 valence electrons. The zero-order chi connectivity index (χ0) is 18.0. The van der Waals surface area contributed by atoms with Gasteiger partial charge in [0.2, 0.25) is 0 Å². The van der Waals surface area contributed by atoms with Crippen molar-refractivity contribution in [3.63, 3.8) is 0 Å². The van der Waals surface area contributed by atoms with Gasteiger partial charge in [-0.15, -0.1) is 0 Å². The van der Waals surface area contributed by atoms with Crippen LogP contribution in [-0.2, 0) is 19.8 Å². The smallest absolute Gasteiger partial charge is 0.368 e. The first-order valence-corrected chi connectivity index (χ1v) is 17.0. The van der Waals surface area contributed by atoms with Crippen LogP contribution in [0.25, 0.3) is 0 Å². The molecule has 0 saturated carbocycles. The summed E-state index contributed by atoms with van der Waals surface area (Å²) in [4.78, 5) is 0.